The SMILES string of the molecule is N#CC1(NC(=O)CN2CCN(c3ccc(O)cc3)CC2)CCCC1. The fourth-order valence-electron chi connectivity index (χ4n) is 3.58. The van der Waals surface area contributed by atoms with Gasteiger partial charge in [0.05, 0.1) is 12.6 Å². The Balaban J connectivity index is 1.47. The maximum Gasteiger partial charge on any atom is 0.235 e. The first-order valence-electron chi connectivity index (χ1n) is 8.59. The molecule has 2 aliphatic rings. The van der Waals surface area contributed by atoms with Crippen molar-refractivity contribution in [2.24, 2.45) is 0 Å². The topological polar surface area (TPSA) is 79.6 Å². The number of piperazine rings is 1. The van der Waals surface area contributed by atoms with Gasteiger partial charge in [0.15, 0.2) is 0 Å². The molecule has 2 fully saturated rings. The van der Waals surface area contributed by atoms with Crippen LogP contribution in [0.5, 0.6) is 5.75 Å². The number of nitrogens with one attached hydrogen (secondary N) is 1. The number of nitriles is 1. The molecule has 0 atom stereocenters. The van der Waals surface area contributed by atoms with Gasteiger partial charge in [0.1, 0.15) is 11.3 Å². The fourth-order valence-corrected chi connectivity index (χ4v) is 3.58. The third kappa shape index (κ3) is 3.80. The number of hydrogen-bond acceptors (Lipinski definition) is 5. The predicted molar refractivity (Wildman–Crippen MR) is 91.7 cm³/mol. The molecule has 0 bridgehead atoms. The molecular weight excluding hydrogens is 304 g/mol. The van der Waals surface area contributed by atoms with Crippen LogP contribution in [-0.4, -0.2) is 54.2 Å². The molecule has 0 aromatic heterocycles. The molecule has 1 aromatic carbocycles. The Morgan fingerprint density at radius 3 is 2.38 bits per heavy atom. The number of hydrogen-bond donors (Lipinski definition) is 2. The van der Waals surface area contributed by atoms with Crippen LogP contribution in [0.1, 0.15) is 25.7 Å². The van der Waals surface area contributed by atoms with E-state index in [1.807, 2.05) is 12.1 Å². The van der Waals surface area contributed by atoms with Crippen LogP contribution in [0.25, 0.3) is 0 Å². The van der Waals surface area contributed by atoms with Gasteiger partial charge in [0, 0.05) is 31.9 Å². The van der Waals surface area contributed by atoms with Crippen molar-refractivity contribution in [1.82, 2.24) is 10.2 Å². The van der Waals surface area contributed by atoms with Gasteiger partial charge in [-0.25, -0.2) is 0 Å². The first-order chi connectivity index (χ1) is 11.6. The monoisotopic (exact) mass is 328 g/mol. The molecule has 24 heavy (non-hydrogen) atoms. The van der Waals surface area contributed by atoms with Crippen molar-refractivity contribution in [3.63, 3.8) is 0 Å². The molecule has 0 radical (unpaired) electrons. The van der Waals surface area contributed by atoms with Crippen LogP contribution in [0.4, 0.5) is 5.69 Å². The van der Waals surface area contributed by atoms with E-state index in [1.54, 1.807) is 12.1 Å². The van der Waals surface area contributed by atoms with Crippen LogP contribution in [0.2, 0.25) is 0 Å². The molecule has 3 rings (SSSR count). The predicted octanol–water partition coefficient (Wildman–Crippen LogP) is 1.47. The molecule has 1 amide bonds. The first-order valence-corrected chi connectivity index (χ1v) is 8.59. The van der Waals surface area contributed by atoms with Gasteiger partial charge in [-0.3, -0.25) is 9.69 Å². The molecular formula is C18H24N4O2. The average molecular weight is 328 g/mol. The Bertz CT molecular complexity index is 609. The summed E-state index contributed by atoms with van der Waals surface area (Å²) in [5.41, 5.74) is 0.455. The number of phenols is 1. The van der Waals surface area contributed by atoms with Crippen LogP contribution in [0.3, 0.4) is 0 Å². The normalized spacial score (nSPS) is 20.5. The van der Waals surface area contributed by atoms with Gasteiger partial charge in [0.2, 0.25) is 5.91 Å². The molecule has 6 heteroatoms. The molecule has 0 unspecified atom stereocenters. The number of rotatable bonds is 4. The lowest BCUT2D eigenvalue weighted by Crippen LogP contribution is -2.53. The number of amides is 1. The number of carbonyl (C=O) groups excluding carboxylic acids is 1. The van der Waals surface area contributed by atoms with Crippen LogP contribution >= 0.6 is 0 Å². The maximum absolute atomic E-state index is 12.3. The van der Waals surface area contributed by atoms with E-state index < -0.39 is 5.54 Å². The van der Waals surface area contributed by atoms with Gasteiger partial charge in [-0.05, 0) is 49.9 Å². The zero-order chi connectivity index (χ0) is 17.0. The van der Waals surface area contributed by atoms with Crippen molar-refractivity contribution in [2.45, 2.75) is 31.2 Å². The zero-order valence-electron chi connectivity index (χ0n) is 13.9. The summed E-state index contributed by atoms with van der Waals surface area (Å²) >= 11 is 0. The average Bonchev–Trinajstić information content (AvgIpc) is 3.05. The fraction of sp³-hybridized carbons (Fsp3) is 0.556. The molecule has 1 aliphatic heterocycles. The number of aromatic hydroxyl groups is 1. The number of nitrogens with zero attached hydrogens (tertiary/aromatic N) is 3. The summed E-state index contributed by atoms with van der Waals surface area (Å²) < 4.78 is 0. The molecule has 1 saturated heterocycles. The molecule has 1 saturated carbocycles. The minimum Gasteiger partial charge on any atom is -0.508 e. The van der Waals surface area contributed by atoms with Gasteiger partial charge in [-0.2, -0.15) is 5.26 Å². The summed E-state index contributed by atoms with van der Waals surface area (Å²) in [7, 11) is 0. The van der Waals surface area contributed by atoms with Crippen molar-refractivity contribution in [2.75, 3.05) is 37.6 Å². The van der Waals surface area contributed by atoms with Crippen LogP contribution in [0, 0.1) is 11.3 Å². The number of anilines is 1. The Morgan fingerprint density at radius 1 is 1.17 bits per heavy atom. The van der Waals surface area contributed by atoms with Crippen molar-refractivity contribution in [3.05, 3.63) is 24.3 Å². The third-order valence-electron chi connectivity index (χ3n) is 5.00. The standard InChI is InChI=1S/C18H24N4O2/c19-14-18(7-1-2-8-18)20-17(24)13-21-9-11-22(12-10-21)15-3-5-16(23)6-4-15/h3-6,23H,1-2,7-13H2,(H,20,24). The molecule has 1 aromatic rings. The zero-order valence-corrected chi connectivity index (χ0v) is 13.9. The molecule has 6 nitrogen and oxygen atoms in total. The van der Waals surface area contributed by atoms with E-state index >= 15 is 0 Å². The summed E-state index contributed by atoms with van der Waals surface area (Å²) in [6.07, 6.45) is 3.56. The summed E-state index contributed by atoms with van der Waals surface area (Å²) in [5.74, 6) is 0.226. The van der Waals surface area contributed by atoms with Gasteiger partial charge in [0.25, 0.3) is 0 Å². The molecule has 1 heterocycles. The Labute approximate surface area is 142 Å². The van der Waals surface area contributed by atoms with Crippen molar-refractivity contribution in [1.29, 1.82) is 5.26 Å². The van der Waals surface area contributed by atoms with Crippen molar-refractivity contribution < 1.29 is 9.90 Å². The van der Waals surface area contributed by atoms with Crippen molar-refractivity contribution >= 4 is 11.6 Å². The lowest BCUT2D eigenvalue weighted by Gasteiger charge is -2.36. The quantitative estimate of drug-likeness (QED) is 0.875. The maximum atomic E-state index is 12.3. The largest absolute Gasteiger partial charge is 0.508 e. The summed E-state index contributed by atoms with van der Waals surface area (Å²) in [6.45, 7) is 3.68. The lowest BCUT2D eigenvalue weighted by molar-refractivity contribution is -0.123. The van der Waals surface area contributed by atoms with E-state index in [9.17, 15) is 15.2 Å². The highest BCUT2D eigenvalue weighted by Crippen LogP contribution is 2.28. The second-order valence-corrected chi connectivity index (χ2v) is 6.73. The van der Waals surface area contributed by atoms with E-state index in [1.165, 1.54) is 0 Å². The summed E-state index contributed by atoms with van der Waals surface area (Å²) in [4.78, 5) is 16.7. The first kappa shape index (κ1) is 16.6. The molecule has 2 N–H and O–H groups in total. The minimum atomic E-state index is -0.634. The highest BCUT2D eigenvalue weighted by atomic mass is 16.3. The van der Waals surface area contributed by atoms with Crippen LogP contribution in [0.15, 0.2) is 24.3 Å². The highest BCUT2D eigenvalue weighted by Gasteiger charge is 2.35. The van der Waals surface area contributed by atoms with Gasteiger partial charge in [-0.1, -0.05) is 0 Å². The smallest absolute Gasteiger partial charge is 0.235 e. The van der Waals surface area contributed by atoms with Gasteiger partial charge < -0.3 is 15.3 Å². The third-order valence-corrected chi connectivity index (χ3v) is 5.00. The second kappa shape index (κ2) is 7.10. The van der Waals surface area contributed by atoms with E-state index in [-0.39, 0.29) is 11.7 Å². The molecule has 128 valence electrons. The van der Waals surface area contributed by atoms with E-state index in [0.29, 0.717) is 6.54 Å². The Morgan fingerprint density at radius 2 is 1.79 bits per heavy atom. The summed E-state index contributed by atoms with van der Waals surface area (Å²) in [6, 6.07) is 9.51. The van der Waals surface area contributed by atoms with E-state index in [0.717, 1.165) is 57.5 Å². The van der Waals surface area contributed by atoms with Crippen LogP contribution in [-0.2, 0) is 4.79 Å². The number of carbonyl (C=O) groups is 1. The Kier molecular flexibility index (Phi) is 4.91. The number of phenolic OH excluding ortho intramolecular Hbond substituents is 1. The summed E-state index contributed by atoms with van der Waals surface area (Å²) in [5, 5.41) is 21.7. The van der Waals surface area contributed by atoms with Gasteiger partial charge in [-0.15, -0.1) is 0 Å². The number of benzene rings is 1. The Hall–Kier alpha value is -2.26. The second-order valence-electron chi connectivity index (χ2n) is 6.73. The molecule has 0 spiro atoms. The van der Waals surface area contributed by atoms with E-state index in [4.69, 9.17) is 0 Å². The van der Waals surface area contributed by atoms with E-state index in [2.05, 4.69) is 21.2 Å². The minimum absolute atomic E-state index is 0.0449. The highest BCUT2D eigenvalue weighted by molar-refractivity contribution is 5.79. The lowest BCUT2D eigenvalue weighted by atomic mass is 10.00. The van der Waals surface area contributed by atoms with Crippen molar-refractivity contribution in [3.8, 4) is 11.8 Å². The van der Waals surface area contributed by atoms with Gasteiger partial charge >= 0.3 is 0 Å². The van der Waals surface area contributed by atoms with Crippen LogP contribution < -0.4 is 10.2 Å². The molecule has 1 aliphatic carbocycles.